The van der Waals surface area contributed by atoms with Gasteiger partial charge in [0.2, 0.25) is 5.91 Å². The Kier molecular flexibility index (Phi) is 8.31. The quantitative estimate of drug-likeness (QED) is 0.740. The van der Waals surface area contributed by atoms with E-state index in [1.807, 2.05) is 11.9 Å². The van der Waals surface area contributed by atoms with Crippen molar-refractivity contribution in [2.45, 2.75) is 78.2 Å². The zero-order valence-electron chi connectivity index (χ0n) is 14.6. The molecule has 0 aromatic rings. The van der Waals surface area contributed by atoms with Crippen molar-refractivity contribution in [3.8, 4) is 0 Å². The molecule has 1 aliphatic rings. The monoisotopic (exact) mass is 296 g/mol. The van der Waals surface area contributed by atoms with Gasteiger partial charge in [-0.25, -0.2) is 0 Å². The molecule has 1 saturated carbocycles. The van der Waals surface area contributed by atoms with Gasteiger partial charge in [-0.05, 0) is 62.8 Å². The van der Waals surface area contributed by atoms with Crippen molar-refractivity contribution in [1.82, 2.24) is 4.90 Å². The number of rotatable bonds is 8. The van der Waals surface area contributed by atoms with E-state index >= 15 is 0 Å². The highest BCUT2D eigenvalue weighted by molar-refractivity contribution is 5.76. The molecule has 0 aliphatic heterocycles. The van der Waals surface area contributed by atoms with Crippen LogP contribution < -0.4 is 5.73 Å². The van der Waals surface area contributed by atoms with Gasteiger partial charge in [-0.3, -0.25) is 4.79 Å². The van der Waals surface area contributed by atoms with Gasteiger partial charge in [0, 0.05) is 19.5 Å². The molecular formula is C18H36N2O. The Balaban J connectivity index is 2.37. The van der Waals surface area contributed by atoms with Gasteiger partial charge >= 0.3 is 0 Å². The lowest BCUT2D eigenvalue weighted by Crippen LogP contribution is -2.39. The normalized spacial score (nSPS) is 24.1. The van der Waals surface area contributed by atoms with E-state index in [0.717, 1.165) is 25.3 Å². The number of nitrogens with two attached hydrogens (primary N) is 1. The van der Waals surface area contributed by atoms with E-state index in [9.17, 15) is 4.79 Å². The largest absolute Gasteiger partial charge is 0.343 e. The molecule has 3 heteroatoms. The molecule has 1 unspecified atom stereocenters. The maximum absolute atomic E-state index is 12.4. The van der Waals surface area contributed by atoms with Crippen LogP contribution in [0.25, 0.3) is 0 Å². The predicted octanol–water partition coefficient (Wildman–Crippen LogP) is 3.81. The van der Waals surface area contributed by atoms with E-state index < -0.39 is 0 Å². The second-order valence-electron chi connectivity index (χ2n) is 7.21. The molecule has 1 fully saturated rings. The summed E-state index contributed by atoms with van der Waals surface area (Å²) in [6.07, 6.45) is 8.97. The SMILES string of the molecule is CCC1CCC(N(C)C(=O)CCC(CCN)C(C)C)CC1. The summed E-state index contributed by atoms with van der Waals surface area (Å²) in [5, 5.41) is 0. The topological polar surface area (TPSA) is 46.3 Å². The molecule has 0 aromatic heterocycles. The van der Waals surface area contributed by atoms with Crippen LogP contribution in [0.5, 0.6) is 0 Å². The van der Waals surface area contributed by atoms with Crippen molar-refractivity contribution in [2.24, 2.45) is 23.5 Å². The summed E-state index contributed by atoms with van der Waals surface area (Å²) < 4.78 is 0. The van der Waals surface area contributed by atoms with E-state index in [0.29, 0.717) is 30.2 Å². The molecule has 1 aliphatic carbocycles. The van der Waals surface area contributed by atoms with Crippen molar-refractivity contribution in [2.75, 3.05) is 13.6 Å². The van der Waals surface area contributed by atoms with Crippen LogP contribution in [0.15, 0.2) is 0 Å². The molecule has 3 nitrogen and oxygen atoms in total. The minimum atomic E-state index is 0.331. The van der Waals surface area contributed by atoms with Gasteiger partial charge in [-0.1, -0.05) is 27.2 Å². The van der Waals surface area contributed by atoms with Gasteiger partial charge in [-0.15, -0.1) is 0 Å². The predicted molar refractivity (Wildman–Crippen MR) is 90.0 cm³/mol. The van der Waals surface area contributed by atoms with Gasteiger partial charge in [0.25, 0.3) is 0 Å². The molecule has 1 rings (SSSR count). The maximum atomic E-state index is 12.4. The van der Waals surface area contributed by atoms with Crippen LogP contribution in [0, 0.1) is 17.8 Å². The van der Waals surface area contributed by atoms with E-state index in [4.69, 9.17) is 5.73 Å². The molecule has 0 bridgehead atoms. The van der Waals surface area contributed by atoms with E-state index in [2.05, 4.69) is 20.8 Å². The Morgan fingerprint density at radius 3 is 2.29 bits per heavy atom. The molecule has 21 heavy (non-hydrogen) atoms. The molecule has 1 atom stereocenters. The second-order valence-corrected chi connectivity index (χ2v) is 7.21. The third kappa shape index (κ3) is 5.98. The molecule has 0 aromatic carbocycles. The molecule has 1 amide bonds. The molecule has 0 spiro atoms. The third-order valence-corrected chi connectivity index (χ3v) is 5.54. The average Bonchev–Trinajstić information content (AvgIpc) is 2.50. The maximum Gasteiger partial charge on any atom is 0.222 e. The summed E-state index contributed by atoms with van der Waals surface area (Å²) in [5.41, 5.74) is 5.68. The molecule has 0 radical (unpaired) electrons. The summed E-state index contributed by atoms with van der Waals surface area (Å²) in [6, 6.07) is 0.479. The number of amides is 1. The standard InChI is InChI=1S/C18H36N2O/c1-5-15-6-9-17(10-7-15)20(4)18(21)11-8-16(12-13-19)14(2)3/h14-17H,5-13,19H2,1-4H3. The smallest absolute Gasteiger partial charge is 0.222 e. The fraction of sp³-hybridized carbons (Fsp3) is 0.944. The highest BCUT2D eigenvalue weighted by Gasteiger charge is 2.26. The highest BCUT2D eigenvalue weighted by atomic mass is 16.2. The first kappa shape index (κ1) is 18.5. The first-order valence-electron chi connectivity index (χ1n) is 8.95. The lowest BCUT2D eigenvalue weighted by molar-refractivity contribution is -0.133. The first-order valence-corrected chi connectivity index (χ1v) is 8.95. The number of hydrogen-bond donors (Lipinski definition) is 1. The number of carbonyl (C=O) groups is 1. The molecule has 0 saturated heterocycles. The molecule has 124 valence electrons. The number of hydrogen-bond acceptors (Lipinski definition) is 2. The Morgan fingerprint density at radius 2 is 1.81 bits per heavy atom. The molecular weight excluding hydrogens is 260 g/mol. The molecule has 2 N–H and O–H groups in total. The summed E-state index contributed by atoms with van der Waals surface area (Å²) in [7, 11) is 2.01. The average molecular weight is 296 g/mol. The van der Waals surface area contributed by atoms with Crippen molar-refractivity contribution in [3.63, 3.8) is 0 Å². The Morgan fingerprint density at radius 1 is 1.19 bits per heavy atom. The van der Waals surface area contributed by atoms with Crippen LogP contribution in [0.2, 0.25) is 0 Å². The summed E-state index contributed by atoms with van der Waals surface area (Å²) in [6.45, 7) is 7.48. The summed E-state index contributed by atoms with van der Waals surface area (Å²) in [5.74, 6) is 2.42. The van der Waals surface area contributed by atoms with Crippen LogP contribution in [-0.4, -0.2) is 30.4 Å². The van der Waals surface area contributed by atoms with Crippen LogP contribution in [0.1, 0.15) is 72.1 Å². The van der Waals surface area contributed by atoms with Crippen LogP contribution in [0.3, 0.4) is 0 Å². The number of nitrogens with zero attached hydrogens (tertiary/aromatic N) is 1. The lowest BCUT2D eigenvalue weighted by atomic mass is 9.83. The van der Waals surface area contributed by atoms with E-state index in [1.165, 1.54) is 32.1 Å². The minimum Gasteiger partial charge on any atom is -0.343 e. The number of carbonyl (C=O) groups excluding carboxylic acids is 1. The van der Waals surface area contributed by atoms with Gasteiger partial charge < -0.3 is 10.6 Å². The van der Waals surface area contributed by atoms with Gasteiger partial charge in [0.05, 0.1) is 0 Å². The summed E-state index contributed by atoms with van der Waals surface area (Å²) >= 11 is 0. The third-order valence-electron chi connectivity index (χ3n) is 5.54. The van der Waals surface area contributed by atoms with Gasteiger partial charge in [0.15, 0.2) is 0 Å². The summed E-state index contributed by atoms with van der Waals surface area (Å²) in [4.78, 5) is 14.5. The van der Waals surface area contributed by atoms with Crippen molar-refractivity contribution in [3.05, 3.63) is 0 Å². The zero-order valence-corrected chi connectivity index (χ0v) is 14.6. The van der Waals surface area contributed by atoms with Crippen molar-refractivity contribution in [1.29, 1.82) is 0 Å². The Hall–Kier alpha value is -0.570. The highest BCUT2D eigenvalue weighted by Crippen LogP contribution is 2.29. The van der Waals surface area contributed by atoms with Crippen LogP contribution >= 0.6 is 0 Å². The van der Waals surface area contributed by atoms with E-state index in [-0.39, 0.29) is 0 Å². The fourth-order valence-corrected chi connectivity index (χ4v) is 3.65. The van der Waals surface area contributed by atoms with Gasteiger partial charge in [-0.2, -0.15) is 0 Å². The lowest BCUT2D eigenvalue weighted by Gasteiger charge is -2.35. The molecule has 0 heterocycles. The van der Waals surface area contributed by atoms with E-state index in [1.54, 1.807) is 0 Å². The van der Waals surface area contributed by atoms with Crippen molar-refractivity contribution < 1.29 is 4.79 Å². The minimum absolute atomic E-state index is 0.331. The van der Waals surface area contributed by atoms with Gasteiger partial charge in [0.1, 0.15) is 0 Å². The Bertz CT molecular complexity index is 296. The fourth-order valence-electron chi connectivity index (χ4n) is 3.65. The Labute approximate surface area is 131 Å². The van der Waals surface area contributed by atoms with Crippen LogP contribution in [-0.2, 0) is 4.79 Å². The van der Waals surface area contributed by atoms with Crippen molar-refractivity contribution >= 4 is 5.91 Å². The first-order chi connectivity index (χ1) is 9.99. The zero-order chi connectivity index (χ0) is 15.8. The van der Waals surface area contributed by atoms with Crippen LogP contribution in [0.4, 0.5) is 0 Å². The second kappa shape index (κ2) is 9.45.